The van der Waals surface area contributed by atoms with Gasteiger partial charge in [0.15, 0.2) is 5.96 Å². The molecule has 6 nitrogen and oxygen atoms in total. The minimum atomic E-state index is 0. The van der Waals surface area contributed by atoms with E-state index in [0.717, 1.165) is 44.2 Å². The predicted molar refractivity (Wildman–Crippen MR) is 111 cm³/mol. The predicted octanol–water partition coefficient (Wildman–Crippen LogP) is 2.72. The van der Waals surface area contributed by atoms with E-state index in [-0.39, 0.29) is 24.0 Å². The van der Waals surface area contributed by atoms with Gasteiger partial charge >= 0.3 is 0 Å². The van der Waals surface area contributed by atoms with Crippen LogP contribution in [0.5, 0.6) is 0 Å². The first-order valence-corrected chi connectivity index (χ1v) is 8.58. The van der Waals surface area contributed by atoms with E-state index in [1.54, 1.807) is 6.20 Å². The second-order valence-electron chi connectivity index (χ2n) is 5.83. The van der Waals surface area contributed by atoms with Gasteiger partial charge in [0.1, 0.15) is 0 Å². The van der Waals surface area contributed by atoms with Crippen LogP contribution >= 0.6 is 24.0 Å². The Morgan fingerprint density at radius 2 is 2.16 bits per heavy atom. The van der Waals surface area contributed by atoms with Crippen LogP contribution in [0.3, 0.4) is 0 Å². The van der Waals surface area contributed by atoms with Crippen molar-refractivity contribution in [3.05, 3.63) is 48.3 Å². The normalized spacial score (nSPS) is 17.2. The molecule has 1 unspecified atom stereocenters. The van der Waals surface area contributed by atoms with Gasteiger partial charge in [-0.05, 0) is 43.5 Å². The molecule has 1 aliphatic heterocycles. The van der Waals surface area contributed by atoms with Crippen LogP contribution in [0, 0.1) is 0 Å². The highest BCUT2D eigenvalue weighted by atomic mass is 127. The van der Waals surface area contributed by atoms with Crippen molar-refractivity contribution in [2.45, 2.75) is 32.4 Å². The average molecular weight is 455 g/mol. The molecule has 1 fully saturated rings. The third-order valence-corrected chi connectivity index (χ3v) is 3.99. The maximum Gasteiger partial charge on any atom is 0.191 e. The summed E-state index contributed by atoms with van der Waals surface area (Å²) in [6.07, 6.45) is 6.30. The molecule has 1 atom stereocenters. The molecule has 0 radical (unpaired) electrons. The van der Waals surface area contributed by atoms with E-state index < -0.39 is 0 Å². The number of nitrogens with one attached hydrogen (secondary N) is 2. The van der Waals surface area contributed by atoms with Crippen LogP contribution in [-0.4, -0.2) is 41.5 Å². The first-order valence-electron chi connectivity index (χ1n) is 8.58. The quantitative estimate of drug-likeness (QED) is 0.400. The summed E-state index contributed by atoms with van der Waals surface area (Å²) in [6.45, 7) is 5.24. The van der Waals surface area contributed by atoms with Crippen molar-refractivity contribution in [1.82, 2.24) is 20.4 Å². The third-order valence-electron chi connectivity index (χ3n) is 3.99. The SMILES string of the molecule is CCNC(=NCc1ccc(-n2cccn2)cc1)NCC1CCCO1.I. The molecule has 1 aromatic carbocycles. The smallest absolute Gasteiger partial charge is 0.191 e. The third kappa shape index (κ3) is 6.00. The minimum absolute atomic E-state index is 0. The number of aromatic nitrogens is 2. The lowest BCUT2D eigenvalue weighted by Crippen LogP contribution is -2.41. The van der Waals surface area contributed by atoms with Crippen molar-refractivity contribution < 1.29 is 4.74 Å². The highest BCUT2D eigenvalue weighted by Crippen LogP contribution is 2.11. The molecular formula is C18H26IN5O. The Morgan fingerprint density at radius 1 is 1.32 bits per heavy atom. The van der Waals surface area contributed by atoms with Gasteiger partial charge in [-0.2, -0.15) is 5.10 Å². The maximum atomic E-state index is 5.64. The zero-order valence-corrected chi connectivity index (χ0v) is 16.8. The topological polar surface area (TPSA) is 63.5 Å². The molecular weight excluding hydrogens is 429 g/mol. The fraction of sp³-hybridized carbons (Fsp3) is 0.444. The van der Waals surface area contributed by atoms with Crippen LogP contribution in [0.2, 0.25) is 0 Å². The van der Waals surface area contributed by atoms with E-state index in [1.807, 2.05) is 16.9 Å². The van der Waals surface area contributed by atoms with E-state index in [1.165, 1.54) is 5.56 Å². The van der Waals surface area contributed by atoms with Crippen LogP contribution in [0.15, 0.2) is 47.7 Å². The Kier molecular flexibility index (Phi) is 8.20. The number of rotatable bonds is 6. The molecule has 2 N–H and O–H groups in total. The lowest BCUT2D eigenvalue weighted by Gasteiger charge is -2.14. The van der Waals surface area contributed by atoms with E-state index in [9.17, 15) is 0 Å². The number of halogens is 1. The van der Waals surface area contributed by atoms with Gasteiger partial charge in [-0.15, -0.1) is 24.0 Å². The molecule has 0 spiro atoms. The van der Waals surface area contributed by atoms with E-state index in [2.05, 4.69) is 51.9 Å². The van der Waals surface area contributed by atoms with Gasteiger partial charge in [0.2, 0.25) is 0 Å². The van der Waals surface area contributed by atoms with Gasteiger partial charge in [-0.25, -0.2) is 9.67 Å². The Bertz CT molecular complexity index is 636. The molecule has 136 valence electrons. The number of hydrogen-bond donors (Lipinski definition) is 2. The first kappa shape index (κ1) is 19.7. The molecule has 1 aromatic heterocycles. The summed E-state index contributed by atoms with van der Waals surface area (Å²) in [4.78, 5) is 4.65. The molecule has 1 aliphatic rings. The van der Waals surface area contributed by atoms with Crippen LogP contribution in [0.1, 0.15) is 25.3 Å². The van der Waals surface area contributed by atoms with Crippen LogP contribution in [0.25, 0.3) is 5.69 Å². The number of nitrogens with zero attached hydrogens (tertiary/aromatic N) is 3. The van der Waals surface area contributed by atoms with Crippen molar-refractivity contribution in [2.24, 2.45) is 4.99 Å². The Hall–Kier alpha value is -1.61. The fourth-order valence-electron chi connectivity index (χ4n) is 2.70. The van der Waals surface area contributed by atoms with E-state index >= 15 is 0 Å². The lowest BCUT2D eigenvalue weighted by atomic mass is 10.2. The first-order chi connectivity index (χ1) is 11.8. The van der Waals surface area contributed by atoms with Crippen molar-refractivity contribution in [3.8, 4) is 5.69 Å². The molecule has 0 amide bonds. The zero-order chi connectivity index (χ0) is 16.6. The molecule has 2 aromatic rings. The van der Waals surface area contributed by atoms with Crippen LogP contribution in [0.4, 0.5) is 0 Å². The number of ether oxygens (including phenoxy) is 1. The van der Waals surface area contributed by atoms with Gasteiger partial charge in [0.25, 0.3) is 0 Å². The largest absolute Gasteiger partial charge is 0.376 e. The van der Waals surface area contributed by atoms with Gasteiger partial charge < -0.3 is 15.4 Å². The molecule has 1 saturated heterocycles. The molecule has 25 heavy (non-hydrogen) atoms. The summed E-state index contributed by atoms with van der Waals surface area (Å²) >= 11 is 0. The summed E-state index contributed by atoms with van der Waals surface area (Å²) < 4.78 is 7.49. The fourth-order valence-corrected chi connectivity index (χ4v) is 2.70. The zero-order valence-electron chi connectivity index (χ0n) is 14.5. The van der Waals surface area contributed by atoms with Crippen molar-refractivity contribution >= 4 is 29.9 Å². The molecule has 7 heteroatoms. The van der Waals surface area contributed by atoms with Crippen molar-refractivity contribution in [2.75, 3.05) is 19.7 Å². The van der Waals surface area contributed by atoms with Gasteiger partial charge in [-0.3, -0.25) is 0 Å². The summed E-state index contributed by atoms with van der Waals surface area (Å²) in [7, 11) is 0. The Labute approximate surface area is 166 Å². The van der Waals surface area contributed by atoms with Crippen molar-refractivity contribution in [1.29, 1.82) is 0 Å². The van der Waals surface area contributed by atoms with E-state index in [0.29, 0.717) is 12.6 Å². The maximum absolute atomic E-state index is 5.64. The number of guanidine groups is 1. The highest BCUT2D eigenvalue weighted by molar-refractivity contribution is 14.0. The second-order valence-corrected chi connectivity index (χ2v) is 5.83. The molecule has 0 bridgehead atoms. The van der Waals surface area contributed by atoms with Gasteiger partial charge in [0.05, 0.1) is 18.3 Å². The highest BCUT2D eigenvalue weighted by Gasteiger charge is 2.15. The van der Waals surface area contributed by atoms with Gasteiger partial charge in [-0.1, -0.05) is 12.1 Å². The monoisotopic (exact) mass is 455 g/mol. The molecule has 2 heterocycles. The molecule has 3 rings (SSSR count). The number of hydrogen-bond acceptors (Lipinski definition) is 3. The summed E-state index contributed by atoms with van der Waals surface area (Å²) in [6, 6.07) is 10.2. The van der Waals surface area contributed by atoms with Crippen molar-refractivity contribution in [3.63, 3.8) is 0 Å². The van der Waals surface area contributed by atoms with Crippen LogP contribution in [-0.2, 0) is 11.3 Å². The summed E-state index contributed by atoms with van der Waals surface area (Å²) in [5, 5.41) is 10.9. The second kappa shape index (κ2) is 10.4. The summed E-state index contributed by atoms with van der Waals surface area (Å²) in [5.74, 6) is 0.837. The van der Waals surface area contributed by atoms with Crippen LogP contribution < -0.4 is 10.6 Å². The van der Waals surface area contributed by atoms with Gasteiger partial charge in [0, 0.05) is 32.1 Å². The lowest BCUT2D eigenvalue weighted by molar-refractivity contribution is 0.114. The summed E-state index contributed by atoms with van der Waals surface area (Å²) in [5.41, 5.74) is 2.22. The minimum Gasteiger partial charge on any atom is -0.376 e. The molecule has 0 saturated carbocycles. The molecule has 0 aliphatic carbocycles. The standard InChI is InChI=1S/C18H25N5O.HI/c1-2-19-18(21-14-17-5-3-12-24-17)20-13-15-6-8-16(9-7-15)23-11-4-10-22-23;/h4,6-11,17H,2-3,5,12-14H2,1H3,(H2,19,20,21);1H. The Morgan fingerprint density at radius 3 is 2.80 bits per heavy atom. The number of aliphatic imine (C=N–C) groups is 1. The van der Waals surface area contributed by atoms with E-state index in [4.69, 9.17) is 4.74 Å². The average Bonchev–Trinajstić information content (AvgIpc) is 3.31. The Balaban J connectivity index is 0.00000225. The number of benzene rings is 1.